The van der Waals surface area contributed by atoms with E-state index >= 15 is 0 Å². The Hall–Kier alpha value is -3.15. The second kappa shape index (κ2) is 7.41. The normalized spacial score (nSPS) is 10.5. The van der Waals surface area contributed by atoms with Crippen LogP contribution in [0.1, 0.15) is 5.56 Å². The van der Waals surface area contributed by atoms with Crippen LogP contribution in [0.5, 0.6) is 5.75 Å². The molecule has 6 nitrogen and oxygen atoms in total. The minimum absolute atomic E-state index is 0.0602. The van der Waals surface area contributed by atoms with Gasteiger partial charge in [0.2, 0.25) is 5.91 Å². The molecule has 24 heavy (non-hydrogen) atoms. The maximum absolute atomic E-state index is 11.9. The lowest BCUT2D eigenvalue weighted by Crippen LogP contribution is -2.30. The van der Waals surface area contributed by atoms with Crippen LogP contribution < -0.4 is 10.6 Å². The van der Waals surface area contributed by atoms with E-state index in [2.05, 4.69) is 20.6 Å². The van der Waals surface area contributed by atoms with E-state index in [-0.39, 0.29) is 18.1 Å². The number of nitrogens with one attached hydrogen (secondary N) is 2. The van der Waals surface area contributed by atoms with E-state index in [1.807, 2.05) is 24.3 Å². The predicted molar refractivity (Wildman–Crippen MR) is 92.8 cm³/mol. The van der Waals surface area contributed by atoms with E-state index in [1.54, 1.807) is 24.3 Å². The molecule has 122 valence electrons. The first kappa shape index (κ1) is 15.7. The van der Waals surface area contributed by atoms with Gasteiger partial charge < -0.3 is 15.7 Å². The van der Waals surface area contributed by atoms with Crippen LogP contribution in [0, 0.1) is 0 Å². The Morgan fingerprint density at radius 2 is 1.79 bits per heavy atom. The van der Waals surface area contributed by atoms with E-state index in [9.17, 15) is 9.90 Å². The van der Waals surface area contributed by atoms with Gasteiger partial charge in [-0.3, -0.25) is 4.79 Å². The number of nitrogens with zero attached hydrogens (tertiary/aromatic N) is 2. The van der Waals surface area contributed by atoms with Gasteiger partial charge in [-0.05, 0) is 29.8 Å². The van der Waals surface area contributed by atoms with Crippen molar-refractivity contribution < 1.29 is 9.90 Å². The summed E-state index contributed by atoms with van der Waals surface area (Å²) < 4.78 is 0. The van der Waals surface area contributed by atoms with E-state index in [4.69, 9.17) is 0 Å². The molecule has 0 radical (unpaired) electrons. The molecule has 0 aliphatic heterocycles. The van der Waals surface area contributed by atoms with E-state index in [0.29, 0.717) is 13.1 Å². The zero-order valence-corrected chi connectivity index (χ0v) is 13.1. The van der Waals surface area contributed by atoms with Crippen molar-refractivity contribution in [1.29, 1.82) is 0 Å². The third kappa shape index (κ3) is 3.98. The molecule has 0 aliphatic rings. The summed E-state index contributed by atoms with van der Waals surface area (Å²) in [5, 5.41) is 16.3. The molecule has 2 aromatic carbocycles. The number of phenolic OH excluding ortho intramolecular Hbond substituents is 1. The minimum Gasteiger partial charge on any atom is -0.508 e. The molecule has 1 amide bonds. The molecule has 1 heterocycles. The lowest BCUT2D eigenvalue weighted by Gasteiger charge is -2.09. The average molecular weight is 322 g/mol. The standard InChI is InChI=1S/C18H18N4O2/c23-14-7-5-13(6-8-14)11-17(24)19-9-10-20-18-15-3-1-2-4-16(15)21-12-22-18/h1-8,12,23H,9-11H2,(H,19,24)(H,20,21,22). The molecule has 3 rings (SSSR count). The molecule has 0 atom stereocenters. The number of benzene rings is 2. The van der Waals surface area contributed by atoms with E-state index < -0.39 is 0 Å². The molecule has 0 saturated carbocycles. The van der Waals surface area contributed by atoms with Crippen molar-refractivity contribution in [3.63, 3.8) is 0 Å². The highest BCUT2D eigenvalue weighted by Gasteiger charge is 2.04. The van der Waals surface area contributed by atoms with Crippen LogP contribution in [0.15, 0.2) is 54.9 Å². The van der Waals surface area contributed by atoms with Gasteiger partial charge in [-0.15, -0.1) is 0 Å². The highest BCUT2D eigenvalue weighted by atomic mass is 16.3. The quantitative estimate of drug-likeness (QED) is 0.605. The number of hydrogen-bond acceptors (Lipinski definition) is 5. The monoisotopic (exact) mass is 322 g/mol. The molecule has 3 aromatic rings. The van der Waals surface area contributed by atoms with E-state index in [0.717, 1.165) is 22.3 Å². The summed E-state index contributed by atoms with van der Waals surface area (Å²) in [6, 6.07) is 14.4. The van der Waals surface area contributed by atoms with Crippen molar-refractivity contribution in [2.75, 3.05) is 18.4 Å². The second-order valence-electron chi connectivity index (χ2n) is 5.36. The number of hydrogen-bond donors (Lipinski definition) is 3. The molecular weight excluding hydrogens is 304 g/mol. The zero-order valence-electron chi connectivity index (χ0n) is 13.1. The predicted octanol–water partition coefficient (Wildman–Crippen LogP) is 2.11. The molecule has 0 spiro atoms. The SMILES string of the molecule is O=C(Cc1ccc(O)cc1)NCCNc1ncnc2ccccc12. The maximum Gasteiger partial charge on any atom is 0.224 e. The van der Waals surface area contributed by atoms with Gasteiger partial charge in [0.25, 0.3) is 0 Å². The van der Waals surface area contributed by atoms with E-state index in [1.165, 1.54) is 6.33 Å². The summed E-state index contributed by atoms with van der Waals surface area (Å²) in [6.45, 7) is 1.07. The van der Waals surface area contributed by atoms with Crippen LogP contribution in [0.3, 0.4) is 0 Å². The zero-order chi connectivity index (χ0) is 16.8. The summed E-state index contributed by atoms with van der Waals surface area (Å²) in [6.07, 6.45) is 1.81. The van der Waals surface area contributed by atoms with Crippen LogP contribution in [0.25, 0.3) is 10.9 Å². The van der Waals surface area contributed by atoms with Gasteiger partial charge in [0, 0.05) is 18.5 Å². The van der Waals surface area contributed by atoms with Gasteiger partial charge >= 0.3 is 0 Å². The highest BCUT2D eigenvalue weighted by molar-refractivity contribution is 5.88. The second-order valence-corrected chi connectivity index (χ2v) is 5.36. The average Bonchev–Trinajstić information content (AvgIpc) is 2.61. The van der Waals surface area contributed by atoms with Crippen molar-refractivity contribution >= 4 is 22.6 Å². The third-order valence-electron chi connectivity index (χ3n) is 3.58. The summed E-state index contributed by atoms with van der Waals surface area (Å²) in [4.78, 5) is 20.3. The van der Waals surface area contributed by atoms with Gasteiger partial charge in [-0.25, -0.2) is 9.97 Å². The Morgan fingerprint density at radius 3 is 2.62 bits per heavy atom. The number of aromatic nitrogens is 2. The Kier molecular flexibility index (Phi) is 4.86. The number of carbonyl (C=O) groups is 1. The van der Waals surface area contributed by atoms with Crippen LogP contribution in [0.2, 0.25) is 0 Å². The number of phenols is 1. The van der Waals surface area contributed by atoms with Gasteiger partial charge in [0.1, 0.15) is 17.9 Å². The fraction of sp³-hybridized carbons (Fsp3) is 0.167. The molecular formula is C18H18N4O2. The van der Waals surface area contributed by atoms with Gasteiger partial charge in [-0.2, -0.15) is 0 Å². The molecule has 1 aromatic heterocycles. The lowest BCUT2D eigenvalue weighted by molar-refractivity contribution is -0.120. The van der Waals surface area contributed by atoms with Crippen LogP contribution >= 0.6 is 0 Å². The summed E-state index contributed by atoms with van der Waals surface area (Å²) in [5.41, 5.74) is 1.74. The van der Waals surface area contributed by atoms with Crippen molar-refractivity contribution in [1.82, 2.24) is 15.3 Å². The Bertz CT molecular complexity index is 829. The third-order valence-corrected chi connectivity index (χ3v) is 3.58. The van der Waals surface area contributed by atoms with Crippen molar-refractivity contribution in [3.8, 4) is 5.75 Å². The first-order chi connectivity index (χ1) is 11.7. The first-order valence-corrected chi connectivity index (χ1v) is 7.70. The largest absolute Gasteiger partial charge is 0.508 e. The summed E-state index contributed by atoms with van der Waals surface area (Å²) >= 11 is 0. The van der Waals surface area contributed by atoms with Crippen molar-refractivity contribution in [2.45, 2.75) is 6.42 Å². The molecule has 3 N–H and O–H groups in total. The number of aromatic hydroxyl groups is 1. The summed E-state index contributed by atoms with van der Waals surface area (Å²) in [5.74, 6) is 0.892. The van der Waals surface area contributed by atoms with Crippen LogP contribution in [-0.4, -0.2) is 34.1 Å². The topological polar surface area (TPSA) is 87.1 Å². The van der Waals surface area contributed by atoms with Crippen LogP contribution in [-0.2, 0) is 11.2 Å². The molecule has 0 fully saturated rings. The van der Waals surface area contributed by atoms with Crippen LogP contribution in [0.4, 0.5) is 5.82 Å². The van der Waals surface area contributed by atoms with Gasteiger partial charge in [0.05, 0.1) is 11.9 Å². The van der Waals surface area contributed by atoms with Gasteiger partial charge in [-0.1, -0.05) is 24.3 Å². The summed E-state index contributed by atoms with van der Waals surface area (Å²) in [7, 11) is 0. The maximum atomic E-state index is 11.9. The number of amides is 1. The number of rotatable bonds is 6. The number of para-hydroxylation sites is 1. The Morgan fingerprint density at radius 1 is 1.00 bits per heavy atom. The first-order valence-electron chi connectivity index (χ1n) is 7.70. The highest BCUT2D eigenvalue weighted by Crippen LogP contribution is 2.17. The number of anilines is 1. The molecule has 0 bridgehead atoms. The van der Waals surface area contributed by atoms with Crippen molar-refractivity contribution in [3.05, 3.63) is 60.4 Å². The fourth-order valence-electron chi connectivity index (χ4n) is 2.39. The minimum atomic E-state index is -0.0602. The number of carbonyl (C=O) groups excluding carboxylic acids is 1. The Balaban J connectivity index is 1.48. The Labute approximate surface area is 139 Å². The lowest BCUT2D eigenvalue weighted by atomic mass is 10.1. The fourth-order valence-corrected chi connectivity index (χ4v) is 2.39. The number of fused-ring (bicyclic) bond motifs is 1. The van der Waals surface area contributed by atoms with Gasteiger partial charge in [0.15, 0.2) is 0 Å². The molecule has 0 saturated heterocycles. The molecule has 6 heteroatoms. The van der Waals surface area contributed by atoms with Crippen molar-refractivity contribution in [2.24, 2.45) is 0 Å². The molecule has 0 aliphatic carbocycles. The molecule has 0 unspecified atom stereocenters. The smallest absolute Gasteiger partial charge is 0.224 e.